The third-order valence-electron chi connectivity index (χ3n) is 5.29. The topological polar surface area (TPSA) is 42.9 Å². The number of hydrogen-bond donors (Lipinski definition) is 2. The summed E-state index contributed by atoms with van der Waals surface area (Å²) in [6.07, 6.45) is 0. The molecular weight excluding hydrogens is 322 g/mol. The Kier molecular flexibility index (Phi) is 8.39. The highest BCUT2D eigenvalue weighted by Crippen LogP contribution is 2.11. The van der Waals surface area contributed by atoms with E-state index in [1.807, 2.05) is 0 Å². The second-order valence-corrected chi connectivity index (χ2v) is 7.33. The molecule has 1 saturated heterocycles. The molecule has 1 unspecified atom stereocenters. The minimum absolute atomic E-state index is 0.513. The van der Waals surface area contributed by atoms with Crippen molar-refractivity contribution in [1.29, 1.82) is 0 Å². The van der Waals surface area contributed by atoms with Crippen LogP contribution >= 0.6 is 0 Å². The normalized spacial score (nSPS) is 18.0. The average Bonchev–Trinajstić information content (AvgIpc) is 2.65. The molecule has 0 aromatic heterocycles. The number of likely N-dealkylation sites (N-methyl/N-ethyl adjacent to an activating group) is 1. The predicted octanol–water partition coefficient (Wildman–Crippen LogP) is 2.38. The lowest BCUT2D eigenvalue weighted by atomic mass is 10.1. The summed E-state index contributed by atoms with van der Waals surface area (Å²) in [6.45, 7) is 19.3. The van der Waals surface area contributed by atoms with Crippen LogP contribution in [0.1, 0.15) is 37.5 Å². The van der Waals surface area contributed by atoms with Crippen molar-refractivity contribution in [2.24, 2.45) is 4.99 Å². The molecule has 0 amide bonds. The molecule has 1 aliphatic heterocycles. The zero-order valence-corrected chi connectivity index (χ0v) is 17.3. The Morgan fingerprint density at radius 1 is 1.12 bits per heavy atom. The predicted molar refractivity (Wildman–Crippen MR) is 112 cm³/mol. The molecule has 0 aliphatic carbocycles. The second-order valence-electron chi connectivity index (χ2n) is 7.33. The Morgan fingerprint density at radius 2 is 1.85 bits per heavy atom. The molecular formula is C21H37N5. The highest BCUT2D eigenvalue weighted by Gasteiger charge is 2.20. The molecule has 146 valence electrons. The molecule has 1 aromatic rings. The number of hydrogen-bond acceptors (Lipinski definition) is 3. The van der Waals surface area contributed by atoms with Gasteiger partial charge in [0.1, 0.15) is 0 Å². The van der Waals surface area contributed by atoms with Crippen LogP contribution in [0.3, 0.4) is 0 Å². The number of nitrogens with one attached hydrogen (secondary N) is 2. The Bertz CT molecular complexity index is 576. The van der Waals surface area contributed by atoms with E-state index in [2.05, 4.69) is 73.3 Å². The van der Waals surface area contributed by atoms with E-state index in [-0.39, 0.29) is 0 Å². The summed E-state index contributed by atoms with van der Waals surface area (Å²) >= 11 is 0. The molecule has 1 atom stereocenters. The summed E-state index contributed by atoms with van der Waals surface area (Å²) < 4.78 is 0. The van der Waals surface area contributed by atoms with E-state index in [1.54, 1.807) is 0 Å². The molecule has 1 aliphatic rings. The van der Waals surface area contributed by atoms with Gasteiger partial charge in [0.2, 0.25) is 0 Å². The second kappa shape index (κ2) is 10.5. The molecule has 2 rings (SSSR count). The van der Waals surface area contributed by atoms with E-state index < -0.39 is 0 Å². The lowest BCUT2D eigenvalue weighted by Crippen LogP contribution is -2.53. The number of benzene rings is 1. The highest BCUT2D eigenvalue weighted by atomic mass is 15.3. The summed E-state index contributed by atoms with van der Waals surface area (Å²) in [5, 5.41) is 6.90. The number of guanidine groups is 1. The molecule has 0 saturated carbocycles. The lowest BCUT2D eigenvalue weighted by molar-refractivity contribution is 0.107. The minimum Gasteiger partial charge on any atom is -0.357 e. The first-order chi connectivity index (χ1) is 12.5. The summed E-state index contributed by atoms with van der Waals surface area (Å²) in [5.74, 6) is 0.909. The standard InChI is InChI=1S/C21H37N5/c1-6-22-21(24-16-20-9-8-17(3)14-18(20)4)23-15-19(5)26-12-10-25(7-2)11-13-26/h8-9,14,19H,6-7,10-13,15-16H2,1-5H3,(H2,22,23,24). The Hall–Kier alpha value is -1.59. The Labute approximate surface area is 159 Å². The zero-order chi connectivity index (χ0) is 18.9. The zero-order valence-electron chi connectivity index (χ0n) is 17.3. The van der Waals surface area contributed by atoms with Crippen LogP contribution in [0.2, 0.25) is 0 Å². The van der Waals surface area contributed by atoms with Gasteiger partial charge >= 0.3 is 0 Å². The summed E-state index contributed by atoms with van der Waals surface area (Å²) in [7, 11) is 0. The molecule has 2 N–H and O–H groups in total. The average molecular weight is 360 g/mol. The smallest absolute Gasteiger partial charge is 0.191 e. The van der Waals surface area contributed by atoms with E-state index in [1.165, 1.54) is 29.8 Å². The maximum absolute atomic E-state index is 4.78. The fourth-order valence-corrected chi connectivity index (χ4v) is 3.42. The fraction of sp³-hybridized carbons (Fsp3) is 0.667. The van der Waals surface area contributed by atoms with Gasteiger partial charge in [-0.1, -0.05) is 30.7 Å². The van der Waals surface area contributed by atoms with Gasteiger partial charge in [0.15, 0.2) is 5.96 Å². The van der Waals surface area contributed by atoms with Crippen molar-refractivity contribution >= 4 is 5.96 Å². The number of aliphatic imine (C=N–C) groups is 1. The van der Waals surface area contributed by atoms with Crippen LogP contribution in [-0.4, -0.2) is 67.6 Å². The number of piperazine rings is 1. The number of nitrogens with zero attached hydrogens (tertiary/aromatic N) is 3. The van der Waals surface area contributed by atoms with Crippen molar-refractivity contribution in [1.82, 2.24) is 20.4 Å². The molecule has 0 bridgehead atoms. The highest BCUT2D eigenvalue weighted by molar-refractivity contribution is 5.79. The molecule has 26 heavy (non-hydrogen) atoms. The van der Waals surface area contributed by atoms with Crippen LogP contribution in [0.15, 0.2) is 23.2 Å². The maximum Gasteiger partial charge on any atom is 0.191 e. The molecule has 1 fully saturated rings. The van der Waals surface area contributed by atoms with Crippen molar-refractivity contribution in [3.8, 4) is 0 Å². The first kappa shape index (κ1) is 20.7. The summed E-state index contributed by atoms with van der Waals surface area (Å²) in [6, 6.07) is 7.09. The summed E-state index contributed by atoms with van der Waals surface area (Å²) in [5.41, 5.74) is 3.90. The van der Waals surface area contributed by atoms with E-state index in [0.29, 0.717) is 12.6 Å². The molecule has 5 nitrogen and oxygen atoms in total. The van der Waals surface area contributed by atoms with Gasteiger partial charge in [0, 0.05) is 45.3 Å². The minimum atomic E-state index is 0.513. The largest absolute Gasteiger partial charge is 0.357 e. The van der Waals surface area contributed by atoms with Crippen LogP contribution in [0.25, 0.3) is 0 Å². The van der Waals surface area contributed by atoms with Gasteiger partial charge in [-0.3, -0.25) is 4.90 Å². The van der Waals surface area contributed by atoms with Gasteiger partial charge in [0.05, 0.1) is 6.54 Å². The van der Waals surface area contributed by atoms with E-state index >= 15 is 0 Å². The van der Waals surface area contributed by atoms with Crippen molar-refractivity contribution in [3.63, 3.8) is 0 Å². The van der Waals surface area contributed by atoms with E-state index in [0.717, 1.165) is 38.7 Å². The molecule has 0 spiro atoms. The first-order valence-corrected chi connectivity index (χ1v) is 10.1. The molecule has 0 radical (unpaired) electrons. The van der Waals surface area contributed by atoms with Gasteiger partial charge in [-0.2, -0.15) is 0 Å². The van der Waals surface area contributed by atoms with Crippen molar-refractivity contribution < 1.29 is 0 Å². The van der Waals surface area contributed by atoms with Gasteiger partial charge in [0.25, 0.3) is 0 Å². The van der Waals surface area contributed by atoms with Crippen LogP contribution < -0.4 is 10.6 Å². The van der Waals surface area contributed by atoms with Crippen LogP contribution in [0.5, 0.6) is 0 Å². The van der Waals surface area contributed by atoms with Crippen LogP contribution in [0, 0.1) is 13.8 Å². The van der Waals surface area contributed by atoms with E-state index in [9.17, 15) is 0 Å². The van der Waals surface area contributed by atoms with Crippen LogP contribution in [0.4, 0.5) is 0 Å². The molecule has 1 heterocycles. The first-order valence-electron chi connectivity index (χ1n) is 10.1. The lowest BCUT2D eigenvalue weighted by Gasteiger charge is -2.37. The molecule has 5 heteroatoms. The number of aryl methyl sites for hydroxylation is 2. The van der Waals surface area contributed by atoms with Gasteiger partial charge in [-0.15, -0.1) is 0 Å². The number of rotatable bonds is 7. The van der Waals surface area contributed by atoms with Crippen LogP contribution in [-0.2, 0) is 6.54 Å². The monoisotopic (exact) mass is 359 g/mol. The Morgan fingerprint density at radius 3 is 2.46 bits per heavy atom. The van der Waals surface area contributed by atoms with Crippen molar-refractivity contribution in [3.05, 3.63) is 34.9 Å². The Balaban J connectivity index is 1.86. The van der Waals surface area contributed by atoms with Gasteiger partial charge in [-0.05, 0) is 45.4 Å². The summed E-state index contributed by atoms with van der Waals surface area (Å²) in [4.78, 5) is 9.88. The fourth-order valence-electron chi connectivity index (χ4n) is 3.42. The van der Waals surface area contributed by atoms with Crippen molar-refractivity contribution in [2.45, 2.75) is 47.2 Å². The van der Waals surface area contributed by atoms with Gasteiger partial charge in [-0.25, -0.2) is 4.99 Å². The van der Waals surface area contributed by atoms with Crippen molar-refractivity contribution in [2.75, 3.05) is 45.8 Å². The maximum atomic E-state index is 4.78. The SMILES string of the molecule is CCNC(=NCc1ccc(C)cc1C)NCC(C)N1CCN(CC)CC1. The van der Waals surface area contributed by atoms with Gasteiger partial charge < -0.3 is 15.5 Å². The third-order valence-corrected chi connectivity index (χ3v) is 5.29. The molecule has 1 aromatic carbocycles. The third kappa shape index (κ3) is 6.29. The van der Waals surface area contributed by atoms with E-state index in [4.69, 9.17) is 4.99 Å². The quantitative estimate of drug-likeness (QED) is 0.579.